The van der Waals surface area contributed by atoms with Crippen molar-refractivity contribution in [2.45, 2.75) is 19.3 Å². The summed E-state index contributed by atoms with van der Waals surface area (Å²) in [6.45, 7) is 0.0345. The van der Waals surface area contributed by atoms with Gasteiger partial charge in [-0.05, 0) is 12.8 Å². The van der Waals surface area contributed by atoms with Crippen LogP contribution in [0.2, 0.25) is 0 Å². The minimum Gasteiger partial charge on any atom is -0.493 e. The van der Waals surface area contributed by atoms with Gasteiger partial charge in [-0.15, -0.1) is 0 Å². The summed E-state index contributed by atoms with van der Waals surface area (Å²) in [5.41, 5.74) is 0. The maximum Gasteiger partial charge on any atom is 0.264 e. The van der Waals surface area contributed by atoms with Crippen molar-refractivity contribution in [3.05, 3.63) is 18.2 Å². The van der Waals surface area contributed by atoms with E-state index in [-0.39, 0.29) is 57.2 Å². The molecule has 0 saturated carbocycles. The van der Waals surface area contributed by atoms with E-state index in [1.165, 1.54) is 18.2 Å². The van der Waals surface area contributed by atoms with E-state index in [4.69, 9.17) is 23.3 Å². The minimum absolute atomic E-state index is 0.0180. The van der Waals surface area contributed by atoms with Gasteiger partial charge in [0.25, 0.3) is 31.2 Å². The van der Waals surface area contributed by atoms with Gasteiger partial charge in [-0.25, -0.2) is 8.42 Å². The molecule has 15 heteroatoms. The van der Waals surface area contributed by atoms with Gasteiger partial charge in [0.05, 0.1) is 37.9 Å². The zero-order chi connectivity index (χ0) is 22.6. The number of hydrogen-bond donors (Lipinski definition) is 3. The van der Waals surface area contributed by atoms with Crippen molar-refractivity contribution >= 4 is 31.2 Å². The molecule has 0 fully saturated rings. The van der Waals surface area contributed by atoms with Crippen molar-refractivity contribution in [1.82, 2.24) is 0 Å². The number of benzene rings is 1. The Bertz CT molecular complexity index is 871. The summed E-state index contributed by atoms with van der Waals surface area (Å²) < 4.78 is 102. The summed E-state index contributed by atoms with van der Waals surface area (Å²) in [7, 11) is -11.1. The van der Waals surface area contributed by atoms with Crippen molar-refractivity contribution in [3.63, 3.8) is 0 Å². The van der Waals surface area contributed by atoms with E-state index in [1.54, 1.807) is 0 Å². The highest BCUT2D eigenvalue weighted by atomic mass is 32.2. The number of thiol groups is 1. The maximum absolute atomic E-state index is 10.7. The molecule has 2 N–H and O–H groups in total. The smallest absolute Gasteiger partial charge is 0.264 e. The molecule has 30 heavy (non-hydrogen) atoms. The van der Waals surface area contributed by atoms with Crippen LogP contribution in [-0.4, -0.2) is 72.3 Å². The van der Waals surface area contributed by atoms with Crippen molar-refractivity contribution in [3.8, 4) is 17.2 Å². The zero-order valence-electron chi connectivity index (χ0n) is 15.8. The highest BCUT2D eigenvalue weighted by Crippen LogP contribution is 2.28. The van der Waals surface area contributed by atoms with Crippen molar-refractivity contribution in [1.29, 1.82) is 0 Å². The van der Waals surface area contributed by atoms with Gasteiger partial charge in [0.2, 0.25) is 0 Å². The lowest BCUT2D eigenvalue weighted by atomic mass is 10.3. The Labute approximate surface area is 176 Å². The second-order valence-electron chi connectivity index (χ2n) is 5.88. The van der Waals surface area contributed by atoms with Crippen LogP contribution >= 0.6 is 0 Å². The fourth-order valence-corrected chi connectivity index (χ4v) is 3.29. The standard InChI is InChI=1S/C15H24O12S3/c16-28(17)27-7-1-4-24-13-10-14(25-5-2-8-29(18,19)20)12-15(11-13)26-6-3-9-30(21,22)23/h10-12,28H,1-9H2,(H,18,19,20)(H,21,22,23). The normalized spacial score (nSPS) is 12.1. The Balaban J connectivity index is 2.68. The van der Waals surface area contributed by atoms with Crippen LogP contribution in [0.25, 0.3) is 0 Å². The fourth-order valence-electron chi connectivity index (χ4n) is 2.05. The molecule has 0 aliphatic carbocycles. The molecule has 0 aromatic heterocycles. The molecule has 0 amide bonds. The van der Waals surface area contributed by atoms with Gasteiger partial charge < -0.3 is 14.2 Å². The Kier molecular flexibility index (Phi) is 11.4. The molecule has 0 bridgehead atoms. The molecular weight excluding hydrogens is 468 g/mol. The lowest BCUT2D eigenvalue weighted by molar-refractivity contribution is 0.251. The molecule has 174 valence electrons. The van der Waals surface area contributed by atoms with Gasteiger partial charge in [-0.3, -0.25) is 13.3 Å². The van der Waals surface area contributed by atoms with E-state index < -0.39 is 42.7 Å². The monoisotopic (exact) mass is 492 g/mol. The van der Waals surface area contributed by atoms with Crippen LogP contribution in [-0.2, 0) is 35.4 Å². The average Bonchev–Trinajstić information content (AvgIpc) is 2.60. The van der Waals surface area contributed by atoms with Crippen LogP contribution < -0.4 is 14.2 Å². The fraction of sp³-hybridized carbons (Fsp3) is 0.600. The first-order chi connectivity index (χ1) is 13.9. The molecule has 1 aromatic carbocycles. The van der Waals surface area contributed by atoms with E-state index in [1.807, 2.05) is 0 Å². The van der Waals surface area contributed by atoms with Gasteiger partial charge in [0.15, 0.2) is 0 Å². The lowest BCUT2D eigenvalue weighted by Crippen LogP contribution is -2.10. The quantitative estimate of drug-likeness (QED) is 0.163. The third-order valence-electron chi connectivity index (χ3n) is 3.24. The predicted molar refractivity (Wildman–Crippen MR) is 106 cm³/mol. The Morgan fingerprint density at radius 3 is 1.37 bits per heavy atom. The molecule has 0 aliphatic heterocycles. The molecule has 0 radical (unpaired) electrons. The van der Waals surface area contributed by atoms with E-state index in [0.29, 0.717) is 5.75 Å². The largest absolute Gasteiger partial charge is 0.493 e. The van der Waals surface area contributed by atoms with Gasteiger partial charge in [0, 0.05) is 24.6 Å². The summed E-state index contributed by atoms with van der Waals surface area (Å²) in [4.78, 5) is 0. The minimum atomic E-state index is -4.10. The van der Waals surface area contributed by atoms with Gasteiger partial charge >= 0.3 is 0 Å². The Morgan fingerprint density at radius 1 is 0.667 bits per heavy atom. The van der Waals surface area contributed by atoms with Crippen LogP contribution in [0.5, 0.6) is 17.2 Å². The van der Waals surface area contributed by atoms with Crippen molar-refractivity contribution in [2.24, 2.45) is 0 Å². The number of hydrogen-bond acceptors (Lipinski definition) is 10. The van der Waals surface area contributed by atoms with E-state index in [9.17, 15) is 25.3 Å². The SMILES string of the molecule is O=[SH](=O)OCCCOc1cc(OCCCS(=O)(=O)O)cc(OCCCS(=O)(=O)O)c1. The Hall–Kier alpha value is -1.65. The molecular formula is C15H24O12S3. The number of rotatable bonds is 16. The molecule has 0 spiro atoms. The van der Waals surface area contributed by atoms with Crippen LogP contribution in [0.15, 0.2) is 18.2 Å². The third-order valence-corrected chi connectivity index (χ3v) is 5.24. The third kappa shape index (κ3) is 14.4. The Morgan fingerprint density at radius 2 is 1.03 bits per heavy atom. The molecule has 0 heterocycles. The lowest BCUT2D eigenvalue weighted by Gasteiger charge is -2.13. The molecule has 1 rings (SSSR count). The zero-order valence-corrected chi connectivity index (χ0v) is 18.4. The van der Waals surface area contributed by atoms with Gasteiger partial charge in [0.1, 0.15) is 17.2 Å². The van der Waals surface area contributed by atoms with Crippen LogP contribution in [0, 0.1) is 0 Å². The van der Waals surface area contributed by atoms with Crippen LogP contribution in [0.3, 0.4) is 0 Å². The van der Waals surface area contributed by atoms with E-state index >= 15 is 0 Å². The van der Waals surface area contributed by atoms with Crippen molar-refractivity contribution in [2.75, 3.05) is 37.9 Å². The molecule has 1 aromatic rings. The molecule has 12 nitrogen and oxygen atoms in total. The molecule has 0 unspecified atom stereocenters. The maximum atomic E-state index is 10.7. The highest BCUT2D eigenvalue weighted by molar-refractivity contribution is 7.86. The summed E-state index contributed by atoms with van der Waals surface area (Å²) >= 11 is 0. The summed E-state index contributed by atoms with van der Waals surface area (Å²) in [5.74, 6) is -0.0922. The first kappa shape index (κ1) is 26.4. The summed E-state index contributed by atoms with van der Waals surface area (Å²) in [5, 5.41) is 0. The molecule has 0 aliphatic rings. The second-order valence-corrected chi connectivity index (χ2v) is 9.72. The summed E-state index contributed by atoms with van der Waals surface area (Å²) in [6.07, 6.45) is 0.367. The highest BCUT2D eigenvalue weighted by Gasteiger charge is 2.09. The molecule has 0 saturated heterocycles. The van der Waals surface area contributed by atoms with E-state index in [0.717, 1.165) is 0 Å². The topological polar surface area (TPSA) is 180 Å². The number of ether oxygens (including phenoxy) is 3. The van der Waals surface area contributed by atoms with Crippen molar-refractivity contribution < 1.29 is 52.8 Å². The van der Waals surface area contributed by atoms with E-state index in [2.05, 4.69) is 4.18 Å². The first-order valence-electron chi connectivity index (χ1n) is 8.66. The van der Waals surface area contributed by atoms with Gasteiger partial charge in [-0.2, -0.15) is 16.8 Å². The second kappa shape index (κ2) is 12.9. The van der Waals surface area contributed by atoms with Crippen LogP contribution in [0.4, 0.5) is 0 Å². The average molecular weight is 493 g/mol. The predicted octanol–water partition coefficient (Wildman–Crippen LogP) is 0.312. The summed E-state index contributed by atoms with van der Waals surface area (Å²) in [6, 6.07) is 4.46. The molecule has 0 atom stereocenters. The van der Waals surface area contributed by atoms with Crippen LogP contribution in [0.1, 0.15) is 19.3 Å². The van der Waals surface area contributed by atoms with Gasteiger partial charge in [-0.1, -0.05) is 0 Å². The first-order valence-corrected chi connectivity index (χ1v) is 13.0.